The normalized spacial score (nSPS) is 10.9. The fraction of sp³-hybridized carbons (Fsp3) is 0.562. The topological polar surface area (TPSA) is 99.1 Å². The molecular formula is C16H24N6O3. The quantitative estimate of drug-likeness (QED) is 0.563. The van der Waals surface area contributed by atoms with Gasteiger partial charge in [0.1, 0.15) is 11.9 Å². The largest absolute Gasteiger partial charge is 0.341 e. The van der Waals surface area contributed by atoms with E-state index in [0.717, 1.165) is 23.5 Å². The lowest BCUT2D eigenvalue weighted by Crippen LogP contribution is -2.27. The predicted molar refractivity (Wildman–Crippen MR) is 92.1 cm³/mol. The van der Waals surface area contributed by atoms with Crippen molar-refractivity contribution in [2.75, 3.05) is 7.05 Å². The fourth-order valence-electron chi connectivity index (χ4n) is 2.80. The van der Waals surface area contributed by atoms with Crippen LogP contribution in [0.4, 0.5) is 5.69 Å². The number of amides is 1. The van der Waals surface area contributed by atoms with Gasteiger partial charge < -0.3 is 4.90 Å². The number of aromatic nitrogens is 4. The van der Waals surface area contributed by atoms with Gasteiger partial charge in [0.05, 0.1) is 10.6 Å². The summed E-state index contributed by atoms with van der Waals surface area (Å²) >= 11 is 0. The summed E-state index contributed by atoms with van der Waals surface area (Å²) in [4.78, 5) is 24.4. The SMILES string of the molecule is CCn1nc(C)c(CN(C)C(=O)CCn2cc([N+](=O)[O-])c(C)n2)c1C. The molecule has 136 valence electrons. The van der Waals surface area contributed by atoms with E-state index in [0.29, 0.717) is 18.8 Å². The molecule has 0 fully saturated rings. The molecule has 0 N–H and O–H groups in total. The molecule has 0 saturated heterocycles. The number of nitrogens with zero attached hydrogens (tertiary/aromatic N) is 6. The first-order valence-corrected chi connectivity index (χ1v) is 8.19. The van der Waals surface area contributed by atoms with Gasteiger partial charge >= 0.3 is 5.69 Å². The van der Waals surface area contributed by atoms with Crippen LogP contribution < -0.4 is 0 Å². The lowest BCUT2D eigenvalue weighted by molar-refractivity contribution is -0.385. The molecule has 25 heavy (non-hydrogen) atoms. The molecule has 0 radical (unpaired) electrons. The van der Waals surface area contributed by atoms with Crippen LogP contribution in [0.2, 0.25) is 0 Å². The van der Waals surface area contributed by atoms with Crippen LogP contribution in [0.3, 0.4) is 0 Å². The maximum absolute atomic E-state index is 12.4. The molecule has 2 heterocycles. The van der Waals surface area contributed by atoms with Crippen LogP contribution in [0.15, 0.2) is 6.20 Å². The Labute approximate surface area is 146 Å². The minimum absolute atomic E-state index is 0.0287. The van der Waals surface area contributed by atoms with Crippen molar-refractivity contribution >= 4 is 11.6 Å². The number of rotatable bonds is 7. The van der Waals surface area contributed by atoms with Crippen LogP contribution in [0.5, 0.6) is 0 Å². The third kappa shape index (κ3) is 4.04. The molecule has 0 unspecified atom stereocenters. The molecule has 2 aromatic heterocycles. The van der Waals surface area contributed by atoms with E-state index in [-0.39, 0.29) is 18.0 Å². The van der Waals surface area contributed by atoms with E-state index in [9.17, 15) is 14.9 Å². The highest BCUT2D eigenvalue weighted by Crippen LogP contribution is 2.17. The maximum Gasteiger partial charge on any atom is 0.309 e. The Morgan fingerprint density at radius 1 is 1.28 bits per heavy atom. The first-order valence-electron chi connectivity index (χ1n) is 8.19. The highest BCUT2D eigenvalue weighted by atomic mass is 16.6. The van der Waals surface area contributed by atoms with Gasteiger partial charge in [-0.15, -0.1) is 0 Å². The lowest BCUT2D eigenvalue weighted by atomic mass is 10.2. The standard InChI is InChI=1S/C16H24N6O3/c1-6-21-13(4)14(11(2)18-21)9-19(5)16(23)7-8-20-10-15(22(24)25)12(3)17-20/h10H,6-9H2,1-5H3. The lowest BCUT2D eigenvalue weighted by Gasteiger charge is -2.17. The monoisotopic (exact) mass is 348 g/mol. The van der Waals surface area contributed by atoms with E-state index < -0.39 is 4.92 Å². The maximum atomic E-state index is 12.4. The van der Waals surface area contributed by atoms with E-state index in [2.05, 4.69) is 10.2 Å². The Bertz CT molecular complexity index is 792. The van der Waals surface area contributed by atoms with Crippen molar-refractivity contribution in [1.29, 1.82) is 0 Å². The highest BCUT2D eigenvalue weighted by Gasteiger charge is 2.18. The Morgan fingerprint density at radius 2 is 1.96 bits per heavy atom. The predicted octanol–water partition coefficient (Wildman–Crippen LogP) is 1.98. The van der Waals surface area contributed by atoms with Gasteiger partial charge in [0.15, 0.2) is 0 Å². The Morgan fingerprint density at radius 3 is 2.48 bits per heavy atom. The summed E-state index contributed by atoms with van der Waals surface area (Å²) in [6.45, 7) is 9.16. The van der Waals surface area contributed by atoms with Crippen LogP contribution in [-0.4, -0.2) is 42.3 Å². The van der Waals surface area contributed by atoms with Crippen LogP contribution in [-0.2, 0) is 24.4 Å². The van der Waals surface area contributed by atoms with Gasteiger partial charge in [-0.05, 0) is 27.7 Å². The molecule has 1 amide bonds. The van der Waals surface area contributed by atoms with E-state index >= 15 is 0 Å². The molecule has 0 aliphatic heterocycles. The zero-order chi connectivity index (χ0) is 18.7. The molecule has 2 rings (SSSR count). The minimum Gasteiger partial charge on any atom is -0.341 e. The second kappa shape index (κ2) is 7.45. The smallest absolute Gasteiger partial charge is 0.309 e. The van der Waals surface area contributed by atoms with E-state index in [1.54, 1.807) is 18.9 Å². The van der Waals surface area contributed by atoms with Crippen molar-refractivity contribution in [2.24, 2.45) is 0 Å². The van der Waals surface area contributed by atoms with Crippen LogP contribution >= 0.6 is 0 Å². The summed E-state index contributed by atoms with van der Waals surface area (Å²) in [5.41, 5.74) is 3.38. The molecule has 2 aromatic rings. The van der Waals surface area contributed by atoms with E-state index in [1.807, 2.05) is 25.5 Å². The average molecular weight is 348 g/mol. The fourth-order valence-corrected chi connectivity index (χ4v) is 2.80. The first-order chi connectivity index (χ1) is 11.7. The number of carbonyl (C=O) groups excluding carboxylic acids is 1. The summed E-state index contributed by atoms with van der Waals surface area (Å²) in [5, 5.41) is 19.4. The number of hydrogen-bond donors (Lipinski definition) is 0. The van der Waals surface area contributed by atoms with Gasteiger partial charge in [0, 0.05) is 44.4 Å². The Kier molecular flexibility index (Phi) is 5.55. The third-order valence-electron chi connectivity index (χ3n) is 4.32. The summed E-state index contributed by atoms with van der Waals surface area (Å²) in [7, 11) is 1.75. The van der Waals surface area contributed by atoms with Crippen molar-refractivity contribution in [3.63, 3.8) is 0 Å². The molecule has 0 saturated carbocycles. The number of hydrogen-bond acceptors (Lipinski definition) is 5. The summed E-state index contributed by atoms with van der Waals surface area (Å²) in [6.07, 6.45) is 1.59. The van der Waals surface area contributed by atoms with E-state index in [1.165, 1.54) is 10.9 Å². The molecule has 0 bridgehead atoms. The molecule has 0 aromatic carbocycles. The third-order valence-corrected chi connectivity index (χ3v) is 4.32. The highest BCUT2D eigenvalue weighted by molar-refractivity contribution is 5.75. The number of nitro groups is 1. The second-order valence-corrected chi connectivity index (χ2v) is 6.08. The van der Waals surface area contributed by atoms with Gasteiger partial charge in [-0.2, -0.15) is 10.2 Å². The zero-order valence-electron chi connectivity index (χ0n) is 15.3. The van der Waals surface area contributed by atoms with Crippen LogP contribution in [0.1, 0.15) is 36.0 Å². The van der Waals surface area contributed by atoms with Crippen LogP contribution in [0.25, 0.3) is 0 Å². The van der Waals surface area contributed by atoms with Gasteiger partial charge in [-0.1, -0.05) is 0 Å². The molecule has 0 spiro atoms. The summed E-state index contributed by atoms with van der Waals surface area (Å²) < 4.78 is 3.37. The average Bonchev–Trinajstić information content (AvgIpc) is 3.06. The van der Waals surface area contributed by atoms with E-state index in [4.69, 9.17) is 0 Å². The molecule has 0 aliphatic carbocycles. The van der Waals surface area contributed by atoms with Crippen molar-refractivity contribution in [3.05, 3.63) is 39.0 Å². The minimum atomic E-state index is -0.469. The summed E-state index contributed by atoms with van der Waals surface area (Å²) in [6, 6.07) is 0. The number of aryl methyl sites for hydroxylation is 4. The zero-order valence-corrected chi connectivity index (χ0v) is 15.3. The first kappa shape index (κ1) is 18.6. The Balaban J connectivity index is 1.98. The van der Waals surface area contributed by atoms with Crippen molar-refractivity contribution in [3.8, 4) is 0 Å². The van der Waals surface area contributed by atoms with Crippen molar-refractivity contribution in [1.82, 2.24) is 24.5 Å². The van der Waals surface area contributed by atoms with Gasteiger partial charge in [0.2, 0.25) is 5.91 Å². The van der Waals surface area contributed by atoms with Gasteiger partial charge in [-0.3, -0.25) is 24.3 Å². The number of carbonyl (C=O) groups is 1. The van der Waals surface area contributed by atoms with Crippen molar-refractivity contribution < 1.29 is 9.72 Å². The molecular weight excluding hydrogens is 324 g/mol. The molecule has 9 nitrogen and oxygen atoms in total. The summed E-state index contributed by atoms with van der Waals surface area (Å²) in [5.74, 6) is -0.0427. The Hall–Kier alpha value is -2.71. The molecule has 9 heteroatoms. The molecule has 0 atom stereocenters. The second-order valence-electron chi connectivity index (χ2n) is 6.08. The van der Waals surface area contributed by atoms with Crippen LogP contribution in [0, 0.1) is 30.9 Å². The van der Waals surface area contributed by atoms with Gasteiger partial charge in [-0.25, -0.2) is 0 Å². The molecule has 0 aliphatic rings. The van der Waals surface area contributed by atoms with Crippen molar-refractivity contribution in [2.45, 2.75) is 53.8 Å². The van der Waals surface area contributed by atoms with Gasteiger partial charge in [0.25, 0.3) is 0 Å².